The van der Waals surface area contributed by atoms with E-state index in [2.05, 4.69) is 24.1 Å². The van der Waals surface area contributed by atoms with E-state index in [0.717, 1.165) is 17.1 Å². The minimum atomic E-state index is -0.294. The summed E-state index contributed by atoms with van der Waals surface area (Å²) < 4.78 is 10.8. The Morgan fingerprint density at radius 2 is 2.29 bits per heavy atom. The molecule has 0 aliphatic heterocycles. The number of nitrogens with one attached hydrogen (secondary N) is 1. The number of rotatable bonds is 8. The SMILES string of the molecule is CCOC1CC(CO)(NCc2csc(COC)n2)C1(C)C. The topological polar surface area (TPSA) is 63.6 Å². The van der Waals surface area contributed by atoms with E-state index in [1.165, 1.54) is 0 Å². The van der Waals surface area contributed by atoms with Crippen LogP contribution < -0.4 is 5.32 Å². The molecule has 1 saturated carbocycles. The molecule has 120 valence electrons. The molecule has 0 amide bonds. The van der Waals surface area contributed by atoms with Crippen LogP contribution in [0, 0.1) is 5.41 Å². The van der Waals surface area contributed by atoms with Crippen LogP contribution in [0.5, 0.6) is 0 Å². The molecule has 0 spiro atoms. The Morgan fingerprint density at radius 1 is 1.52 bits per heavy atom. The lowest BCUT2D eigenvalue weighted by atomic mass is 9.54. The minimum Gasteiger partial charge on any atom is -0.394 e. The highest BCUT2D eigenvalue weighted by molar-refractivity contribution is 7.09. The molecule has 2 N–H and O–H groups in total. The molecule has 5 nitrogen and oxygen atoms in total. The largest absolute Gasteiger partial charge is 0.394 e. The smallest absolute Gasteiger partial charge is 0.119 e. The molecule has 1 aliphatic rings. The van der Waals surface area contributed by atoms with Crippen molar-refractivity contribution in [2.24, 2.45) is 5.41 Å². The Bertz CT molecular complexity index is 464. The van der Waals surface area contributed by atoms with Gasteiger partial charge < -0.3 is 19.9 Å². The summed E-state index contributed by atoms with van der Waals surface area (Å²) in [5.74, 6) is 0. The van der Waals surface area contributed by atoms with Crippen LogP contribution in [0.1, 0.15) is 37.9 Å². The molecule has 1 aromatic heterocycles. The zero-order chi connectivity index (χ0) is 15.5. The predicted molar refractivity (Wildman–Crippen MR) is 83.3 cm³/mol. The van der Waals surface area contributed by atoms with Crippen molar-refractivity contribution < 1.29 is 14.6 Å². The van der Waals surface area contributed by atoms with E-state index in [9.17, 15) is 5.11 Å². The molecule has 1 heterocycles. The van der Waals surface area contributed by atoms with Gasteiger partial charge in [0.1, 0.15) is 5.01 Å². The first-order valence-electron chi connectivity index (χ1n) is 7.39. The quantitative estimate of drug-likeness (QED) is 0.768. The number of thiazole rings is 1. The summed E-state index contributed by atoms with van der Waals surface area (Å²) in [5.41, 5.74) is 0.608. The summed E-state index contributed by atoms with van der Waals surface area (Å²) in [5, 5.41) is 16.4. The monoisotopic (exact) mass is 314 g/mol. The molecule has 0 aromatic carbocycles. The highest BCUT2D eigenvalue weighted by Crippen LogP contribution is 2.51. The fourth-order valence-corrected chi connectivity index (χ4v) is 3.75. The molecule has 21 heavy (non-hydrogen) atoms. The lowest BCUT2D eigenvalue weighted by Crippen LogP contribution is -2.73. The van der Waals surface area contributed by atoms with E-state index < -0.39 is 0 Å². The second kappa shape index (κ2) is 6.71. The molecule has 2 unspecified atom stereocenters. The van der Waals surface area contributed by atoms with E-state index in [0.29, 0.717) is 19.8 Å². The molecule has 1 aromatic rings. The highest BCUT2D eigenvalue weighted by Gasteiger charge is 2.60. The van der Waals surface area contributed by atoms with Crippen LogP contribution >= 0.6 is 11.3 Å². The molecule has 0 radical (unpaired) electrons. The number of methoxy groups -OCH3 is 1. The molecular weight excluding hydrogens is 288 g/mol. The standard InChI is InChI=1S/C15H26N2O3S/c1-5-20-12-6-15(10-18,14(12,2)3)16-7-11-9-21-13(17-11)8-19-4/h9,12,16,18H,5-8,10H2,1-4H3. The first-order valence-corrected chi connectivity index (χ1v) is 8.26. The third kappa shape index (κ3) is 3.14. The number of hydrogen-bond donors (Lipinski definition) is 2. The van der Waals surface area contributed by atoms with Gasteiger partial charge in [-0.2, -0.15) is 0 Å². The predicted octanol–water partition coefficient (Wildman–Crippen LogP) is 1.95. The number of aromatic nitrogens is 1. The van der Waals surface area contributed by atoms with Crippen LogP contribution in [0.4, 0.5) is 0 Å². The van der Waals surface area contributed by atoms with Crippen LogP contribution in [0.2, 0.25) is 0 Å². The second-order valence-corrected chi connectivity index (χ2v) is 7.07. The first kappa shape index (κ1) is 16.8. The van der Waals surface area contributed by atoms with E-state index in [1.54, 1.807) is 18.4 Å². The number of ether oxygens (including phenoxy) is 2. The average molecular weight is 314 g/mol. The average Bonchev–Trinajstić information content (AvgIpc) is 2.90. The molecule has 2 atom stereocenters. The van der Waals surface area contributed by atoms with E-state index in [-0.39, 0.29) is 23.7 Å². The summed E-state index contributed by atoms with van der Waals surface area (Å²) in [4.78, 5) is 4.52. The number of nitrogens with zero attached hydrogens (tertiary/aromatic N) is 1. The molecule has 1 aliphatic carbocycles. The van der Waals surface area contributed by atoms with Crippen molar-refractivity contribution in [3.05, 3.63) is 16.1 Å². The van der Waals surface area contributed by atoms with Crippen molar-refractivity contribution in [2.75, 3.05) is 20.3 Å². The van der Waals surface area contributed by atoms with Crippen LogP contribution in [0.3, 0.4) is 0 Å². The molecule has 0 saturated heterocycles. The molecule has 1 fully saturated rings. The summed E-state index contributed by atoms with van der Waals surface area (Å²) in [6.45, 7) is 8.33. The van der Waals surface area contributed by atoms with Crippen LogP contribution in [-0.4, -0.2) is 42.1 Å². The number of hydrogen-bond acceptors (Lipinski definition) is 6. The molecular formula is C15H26N2O3S. The van der Waals surface area contributed by atoms with Gasteiger partial charge in [-0.05, 0) is 13.3 Å². The van der Waals surface area contributed by atoms with Crippen molar-refractivity contribution in [1.82, 2.24) is 10.3 Å². The van der Waals surface area contributed by atoms with Crippen molar-refractivity contribution in [1.29, 1.82) is 0 Å². The Hall–Kier alpha value is -0.530. The first-order chi connectivity index (χ1) is 9.99. The summed E-state index contributed by atoms with van der Waals surface area (Å²) in [6.07, 6.45) is 1.03. The van der Waals surface area contributed by atoms with Crippen LogP contribution in [0.25, 0.3) is 0 Å². The zero-order valence-corrected chi connectivity index (χ0v) is 14.1. The number of aliphatic hydroxyl groups is 1. The van der Waals surface area contributed by atoms with Gasteiger partial charge in [-0.1, -0.05) is 13.8 Å². The van der Waals surface area contributed by atoms with Gasteiger partial charge in [-0.3, -0.25) is 0 Å². The van der Waals surface area contributed by atoms with Gasteiger partial charge in [0.15, 0.2) is 0 Å². The van der Waals surface area contributed by atoms with E-state index >= 15 is 0 Å². The fourth-order valence-electron chi connectivity index (χ4n) is 2.98. The van der Waals surface area contributed by atoms with E-state index in [4.69, 9.17) is 9.47 Å². The van der Waals surface area contributed by atoms with Gasteiger partial charge in [0.05, 0.1) is 30.6 Å². The Morgan fingerprint density at radius 3 is 2.86 bits per heavy atom. The van der Waals surface area contributed by atoms with Crippen LogP contribution in [0.15, 0.2) is 5.38 Å². The lowest BCUT2D eigenvalue weighted by Gasteiger charge is -2.60. The summed E-state index contributed by atoms with van der Waals surface area (Å²) in [7, 11) is 1.67. The maximum absolute atomic E-state index is 9.87. The van der Waals surface area contributed by atoms with Crippen LogP contribution in [-0.2, 0) is 22.6 Å². The summed E-state index contributed by atoms with van der Waals surface area (Å²) >= 11 is 1.60. The van der Waals surface area contributed by atoms with Crippen molar-refractivity contribution >= 4 is 11.3 Å². The van der Waals surface area contributed by atoms with Crippen molar-refractivity contribution in [2.45, 2.75) is 52.0 Å². The second-order valence-electron chi connectivity index (χ2n) is 6.13. The Labute approximate surface area is 130 Å². The Balaban J connectivity index is 1.96. The lowest BCUT2D eigenvalue weighted by molar-refractivity contribution is -0.177. The Kier molecular flexibility index (Phi) is 5.38. The van der Waals surface area contributed by atoms with E-state index in [1.807, 2.05) is 12.3 Å². The summed E-state index contributed by atoms with van der Waals surface area (Å²) in [6, 6.07) is 0. The third-order valence-electron chi connectivity index (χ3n) is 4.68. The zero-order valence-electron chi connectivity index (χ0n) is 13.3. The van der Waals surface area contributed by atoms with Crippen molar-refractivity contribution in [3.63, 3.8) is 0 Å². The normalized spacial score (nSPS) is 27.6. The molecule has 0 bridgehead atoms. The third-order valence-corrected chi connectivity index (χ3v) is 5.56. The van der Waals surface area contributed by atoms with Crippen molar-refractivity contribution in [3.8, 4) is 0 Å². The molecule has 6 heteroatoms. The minimum absolute atomic E-state index is 0.0941. The van der Waals surface area contributed by atoms with Gasteiger partial charge in [0, 0.05) is 31.1 Å². The van der Waals surface area contributed by atoms with Gasteiger partial charge in [0.2, 0.25) is 0 Å². The number of aliphatic hydroxyl groups excluding tert-OH is 1. The van der Waals surface area contributed by atoms with Gasteiger partial charge in [0.25, 0.3) is 0 Å². The van der Waals surface area contributed by atoms with Gasteiger partial charge in [-0.25, -0.2) is 4.98 Å². The van der Waals surface area contributed by atoms with Gasteiger partial charge >= 0.3 is 0 Å². The molecule has 2 rings (SSSR count). The highest BCUT2D eigenvalue weighted by atomic mass is 32.1. The maximum atomic E-state index is 9.87. The van der Waals surface area contributed by atoms with Gasteiger partial charge in [-0.15, -0.1) is 11.3 Å². The maximum Gasteiger partial charge on any atom is 0.119 e. The fraction of sp³-hybridized carbons (Fsp3) is 0.800.